The predicted octanol–water partition coefficient (Wildman–Crippen LogP) is 15.7. The molecule has 23 atom stereocenters. The van der Waals surface area contributed by atoms with Gasteiger partial charge in [-0.3, -0.25) is 4.79 Å². The number of aliphatic carboxylic acids is 1. The van der Waals surface area contributed by atoms with E-state index in [-0.39, 0.29) is 0 Å². The Kier molecular flexibility index (Phi) is 15.7. The lowest BCUT2D eigenvalue weighted by molar-refractivity contribution is -0.159. The quantitative estimate of drug-likeness (QED) is 0.198. The van der Waals surface area contributed by atoms with E-state index >= 15 is 0 Å². The van der Waals surface area contributed by atoms with Crippen LogP contribution in [-0.2, 0) is 13.8 Å². The molecule has 4 nitrogen and oxygen atoms in total. The second-order valence-electron chi connectivity index (χ2n) is 25.9. The molecule has 0 heterocycles. The van der Waals surface area contributed by atoms with Gasteiger partial charge in [-0.15, -0.1) is 0 Å². The summed E-state index contributed by atoms with van der Waals surface area (Å²) in [4.78, 5) is 11.1. The molecule has 0 aromatic carbocycles. The molecule has 0 aromatic heterocycles. The van der Waals surface area contributed by atoms with Gasteiger partial charge in [0.2, 0.25) is 0 Å². The monoisotopic (exact) mass is 885 g/mol. The number of rotatable bonds is 12. The van der Waals surface area contributed by atoms with E-state index in [0.717, 1.165) is 83.4 Å². The SMILES string of the molecule is CC[C@H](CC[C@@H](C)[C@H]1CCC2[C@@H]3C(OP)C[C@@H]4C[C@@H](C)CC[C@]4(C)C3CC[C@@]21C)C(C)C.C[C@H]1CC[C@]2(C)C3CC[C@@]4(C)C(CC[C@@H]4[C@H](C)CCC(=O)O)[C@@H]3C(OP)C[C@@H]2C1. The van der Waals surface area contributed by atoms with E-state index in [0.29, 0.717) is 58.0 Å². The molecule has 0 bridgehead atoms. The van der Waals surface area contributed by atoms with Crippen molar-refractivity contribution in [2.45, 2.75) is 223 Å². The number of fused-ring (bicyclic) bond motifs is 10. The topological polar surface area (TPSA) is 55.8 Å². The molecule has 0 saturated heterocycles. The van der Waals surface area contributed by atoms with Crippen LogP contribution in [-0.4, -0.2) is 23.3 Å². The molecule has 8 aliphatic carbocycles. The summed E-state index contributed by atoms with van der Waals surface area (Å²) < 4.78 is 12.4. The Morgan fingerprint density at radius 3 is 1.39 bits per heavy atom. The van der Waals surface area contributed by atoms with Gasteiger partial charge in [-0.25, -0.2) is 0 Å². The summed E-state index contributed by atoms with van der Waals surface area (Å²) >= 11 is 0. The zero-order valence-corrected chi connectivity index (χ0v) is 43.9. The molecule has 8 rings (SSSR count). The highest BCUT2D eigenvalue weighted by atomic mass is 31.0. The smallest absolute Gasteiger partial charge is 0.303 e. The minimum absolute atomic E-state index is 0.319. The van der Waals surface area contributed by atoms with Gasteiger partial charge < -0.3 is 14.2 Å². The molecule has 0 radical (unpaired) electrons. The van der Waals surface area contributed by atoms with Crippen molar-refractivity contribution < 1.29 is 18.9 Å². The molecule has 0 amide bonds. The third-order valence-corrected chi connectivity index (χ3v) is 23.7. The fourth-order valence-corrected chi connectivity index (χ4v) is 19.9. The Hall–Kier alpha value is 0.250. The van der Waals surface area contributed by atoms with Crippen LogP contribution < -0.4 is 0 Å². The van der Waals surface area contributed by atoms with Gasteiger partial charge in [0.05, 0.1) is 12.2 Å². The zero-order valence-electron chi connectivity index (χ0n) is 41.6. The molecular weight excluding hydrogens is 787 g/mol. The van der Waals surface area contributed by atoms with Crippen molar-refractivity contribution >= 4 is 24.9 Å². The fourth-order valence-electron chi connectivity index (χ4n) is 19.3. The first-order valence-electron chi connectivity index (χ1n) is 26.8. The number of hydrogen-bond donors (Lipinski definition) is 1. The van der Waals surface area contributed by atoms with Crippen LogP contribution in [0.3, 0.4) is 0 Å². The molecule has 1 N–H and O–H groups in total. The molecule has 8 aliphatic rings. The molecule has 8 fully saturated rings. The second-order valence-corrected chi connectivity index (χ2v) is 26.4. The van der Waals surface area contributed by atoms with Crippen molar-refractivity contribution in [1.29, 1.82) is 0 Å². The van der Waals surface area contributed by atoms with Crippen LogP contribution in [0.4, 0.5) is 0 Å². The molecule has 0 aliphatic heterocycles. The predicted molar refractivity (Wildman–Crippen MR) is 262 cm³/mol. The lowest BCUT2D eigenvalue weighted by atomic mass is 9.43. The molecule has 8 saturated carbocycles. The van der Waals surface area contributed by atoms with Crippen molar-refractivity contribution in [3.05, 3.63) is 0 Å². The summed E-state index contributed by atoms with van der Waals surface area (Å²) in [5.41, 5.74) is 2.00. The van der Waals surface area contributed by atoms with Crippen LogP contribution in [0.5, 0.6) is 0 Å². The van der Waals surface area contributed by atoms with Crippen LogP contribution in [0.1, 0.15) is 211 Å². The first-order valence-corrected chi connectivity index (χ1v) is 27.7. The minimum Gasteiger partial charge on any atom is -0.481 e. The summed E-state index contributed by atoms with van der Waals surface area (Å²) in [7, 11) is 5.33. The lowest BCUT2D eigenvalue weighted by Crippen LogP contribution is -2.58. The first kappa shape index (κ1) is 49.2. The maximum atomic E-state index is 11.1. The Bertz CT molecular complexity index is 1470. The van der Waals surface area contributed by atoms with Crippen LogP contribution >= 0.6 is 18.9 Å². The molecular formula is C55H98O4P2. The summed E-state index contributed by atoms with van der Waals surface area (Å²) in [5, 5.41) is 9.16. The van der Waals surface area contributed by atoms with Crippen LogP contribution in [0, 0.1) is 116 Å². The normalized spacial score (nSPS) is 49.1. The minimum atomic E-state index is -0.644. The Morgan fingerprint density at radius 2 is 1.00 bits per heavy atom. The zero-order chi connectivity index (χ0) is 44.2. The number of carboxylic acid groups (broad SMARTS) is 1. The molecule has 0 aromatic rings. The molecule has 0 spiro atoms. The standard InChI is InChI=1S/C30H55OP.C25H43O3P/c1-8-22(19(2)3)10-9-21(5)24-11-12-25-28-26(14-16-30(24,25)7)29(6)15-13-20(4)17-23(29)18-27(28)31-32;1-15-9-11-24(3)17(13-15)14-21(28-29)23-19-7-6-18(16(2)5-8-22(26)27)25(19,4)12-10-20(23)24/h19-28H,8-18,32H2,1-7H3;15-21,23H,5-14,29H2,1-4H3,(H,26,27)/t20-,21+,22+,23-,24+,25?,26?,27?,28-,29-,30+;15-,16+,17-,18+,19?,20?,21?,23-,24-,25+/m00/s1. The van der Waals surface area contributed by atoms with E-state index in [4.69, 9.17) is 14.2 Å². The van der Waals surface area contributed by atoms with E-state index in [1.807, 2.05) is 0 Å². The van der Waals surface area contributed by atoms with Gasteiger partial charge in [-0.1, -0.05) is 102 Å². The van der Waals surface area contributed by atoms with E-state index in [1.54, 1.807) is 0 Å². The number of carboxylic acids is 1. The van der Waals surface area contributed by atoms with Gasteiger partial charge in [-0.2, -0.15) is 0 Å². The van der Waals surface area contributed by atoms with E-state index < -0.39 is 5.97 Å². The average molecular weight is 885 g/mol. The molecule has 8 unspecified atom stereocenters. The molecule has 352 valence electrons. The summed E-state index contributed by atoms with van der Waals surface area (Å²) in [5.74, 6) is 12.5. The maximum Gasteiger partial charge on any atom is 0.303 e. The van der Waals surface area contributed by atoms with Crippen molar-refractivity contribution in [3.63, 3.8) is 0 Å². The lowest BCUT2D eigenvalue weighted by Gasteiger charge is -2.63. The van der Waals surface area contributed by atoms with Crippen LogP contribution in [0.25, 0.3) is 0 Å². The van der Waals surface area contributed by atoms with E-state index in [2.05, 4.69) is 95.1 Å². The molecule has 61 heavy (non-hydrogen) atoms. The van der Waals surface area contributed by atoms with Gasteiger partial charge >= 0.3 is 5.97 Å². The van der Waals surface area contributed by atoms with Crippen molar-refractivity contribution in [2.75, 3.05) is 0 Å². The van der Waals surface area contributed by atoms with Crippen LogP contribution in [0.15, 0.2) is 0 Å². The third-order valence-electron chi connectivity index (χ3n) is 23.0. The van der Waals surface area contributed by atoms with Gasteiger partial charge in [-0.05, 0) is 219 Å². The first-order chi connectivity index (χ1) is 28.9. The second kappa shape index (κ2) is 19.5. The summed E-state index contributed by atoms with van der Waals surface area (Å²) in [6.45, 7) is 27.7. The van der Waals surface area contributed by atoms with Crippen LogP contribution in [0.2, 0.25) is 0 Å². The highest BCUT2D eigenvalue weighted by Gasteiger charge is 2.65. The Labute approximate surface area is 381 Å². The number of carbonyl (C=O) groups is 1. The summed E-state index contributed by atoms with van der Waals surface area (Å²) in [6.07, 6.45) is 28.6. The van der Waals surface area contributed by atoms with Gasteiger partial charge in [0.15, 0.2) is 0 Å². The molecule has 6 heteroatoms. The average Bonchev–Trinajstić information content (AvgIpc) is 3.77. The summed E-state index contributed by atoms with van der Waals surface area (Å²) in [6, 6.07) is 0. The highest BCUT2D eigenvalue weighted by molar-refractivity contribution is 7.10. The Morgan fingerprint density at radius 1 is 0.590 bits per heavy atom. The maximum absolute atomic E-state index is 11.1. The number of hydrogen-bond acceptors (Lipinski definition) is 3. The van der Waals surface area contributed by atoms with E-state index in [9.17, 15) is 4.79 Å². The van der Waals surface area contributed by atoms with Crippen molar-refractivity contribution in [3.8, 4) is 0 Å². The van der Waals surface area contributed by atoms with Crippen molar-refractivity contribution in [1.82, 2.24) is 0 Å². The highest BCUT2D eigenvalue weighted by Crippen LogP contribution is 2.71. The Balaban J connectivity index is 0.000000185. The van der Waals surface area contributed by atoms with E-state index in [1.165, 1.54) is 122 Å². The third kappa shape index (κ3) is 9.06. The largest absolute Gasteiger partial charge is 0.481 e. The fraction of sp³-hybridized carbons (Fsp3) is 0.982. The van der Waals surface area contributed by atoms with Gasteiger partial charge in [0.25, 0.3) is 0 Å². The van der Waals surface area contributed by atoms with Crippen molar-refractivity contribution in [2.24, 2.45) is 116 Å². The van der Waals surface area contributed by atoms with Gasteiger partial charge in [0.1, 0.15) is 0 Å². The van der Waals surface area contributed by atoms with Gasteiger partial charge in [0, 0.05) is 25.4 Å².